The Balaban J connectivity index is 1.68. The van der Waals surface area contributed by atoms with Crippen LogP contribution in [0.25, 0.3) is 0 Å². The number of hydrogen-bond acceptors (Lipinski definition) is 2. The van der Waals surface area contributed by atoms with E-state index in [1.54, 1.807) is 0 Å². The molecule has 2 aliphatic heterocycles. The van der Waals surface area contributed by atoms with E-state index in [9.17, 15) is 0 Å². The molecule has 0 aromatic rings. The fourth-order valence-corrected chi connectivity index (χ4v) is 3.26. The molecule has 0 spiro atoms. The molecule has 2 nitrogen and oxygen atoms in total. The predicted molar refractivity (Wildman–Crippen MR) is 51.6 cm³/mol. The summed E-state index contributed by atoms with van der Waals surface area (Å²) in [5.41, 5.74) is 0. The van der Waals surface area contributed by atoms with Gasteiger partial charge in [-0.1, -0.05) is 6.92 Å². The smallest absolute Gasteiger partial charge is 0.0645 e. The van der Waals surface area contributed by atoms with Crippen LogP contribution in [0.5, 0.6) is 0 Å². The lowest BCUT2D eigenvalue weighted by atomic mass is 9.86. The molecular formula is C11H19NO. The number of likely N-dealkylation sites (tertiary alicyclic amines) is 1. The fraction of sp³-hybridized carbons (Fsp3) is 1.00. The van der Waals surface area contributed by atoms with Crippen molar-refractivity contribution in [1.82, 2.24) is 4.90 Å². The maximum atomic E-state index is 5.26. The first-order valence-corrected chi connectivity index (χ1v) is 5.66. The summed E-state index contributed by atoms with van der Waals surface area (Å²) in [5.74, 6) is 3.00. The van der Waals surface area contributed by atoms with Crippen LogP contribution >= 0.6 is 0 Å². The van der Waals surface area contributed by atoms with Gasteiger partial charge in [-0.15, -0.1) is 0 Å². The first-order chi connectivity index (χ1) is 6.34. The van der Waals surface area contributed by atoms with Crippen LogP contribution in [-0.2, 0) is 4.74 Å². The van der Waals surface area contributed by atoms with E-state index >= 15 is 0 Å². The van der Waals surface area contributed by atoms with Crippen molar-refractivity contribution < 1.29 is 4.74 Å². The molecule has 3 aliphatic rings. The average Bonchev–Trinajstić information content (AvgIpc) is 2.31. The van der Waals surface area contributed by atoms with Gasteiger partial charge in [0.25, 0.3) is 0 Å². The second-order valence-electron chi connectivity index (χ2n) is 5.10. The maximum Gasteiger partial charge on any atom is 0.0645 e. The number of hydrogen-bond donors (Lipinski definition) is 0. The van der Waals surface area contributed by atoms with Gasteiger partial charge in [0.05, 0.1) is 19.3 Å². The number of fused-ring (bicyclic) bond motifs is 2. The first-order valence-electron chi connectivity index (χ1n) is 5.66. The monoisotopic (exact) mass is 181 g/mol. The van der Waals surface area contributed by atoms with Gasteiger partial charge in [0.2, 0.25) is 0 Å². The zero-order chi connectivity index (χ0) is 8.84. The average molecular weight is 181 g/mol. The Hall–Kier alpha value is -0.0800. The molecule has 2 heteroatoms. The van der Waals surface area contributed by atoms with Crippen molar-refractivity contribution in [1.29, 1.82) is 0 Å². The van der Waals surface area contributed by atoms with Crippen molar-refractivity contribution in [3.05, 3.63) is 0 Å². The molecule has 3 fully saturated rings. The van der Waals surface area contributed by atoms with Crippen LogP contribution in [0.4, 0.5) is 0 Å². The summed E-state index contributed by atoms with van der Waals surface area (Å²) in [5, 5.41) is 0. The van der Waals surface area contributed by atoms with Gasteiger partial charge >= 0.3 is 0 Å². The van der Waals surface area contributed by atoms with Crippen molar-refractivity contribution in [2.45, 2.75) is 25.8 Å². The van der Waals surface area contributed by atoms with E-state index in [0.717, 1.165) is 37.0 Å². The molecule has 13 heavy (non-hydrogen) atoms. The molecule has 2 unspecified atom stereocenters. The van der Waals surface area contributed by atoms with Crippen LogP contribution in [0.3, 0.4) is 0 Å². The lowest BCUT2D eigenvalue weighted by Crippen LogP contribution is -2.54. The lowest BCUT2D eigenvalue weighted by molar-refractivity contribution is -0.0839. The molecule has 0 N–H and O–H groups in total. The van der Waals surface area contributed by atoms with Gasteiger partial charge in [-0.25, -0.2) is 0 Å². The van der Waals surface area contributed by atoms with Crippen molar-refractivity contribution in [3.63, 3.8) is 0 Å². The molecule has 3 rings (SSSR count). The van der Waals surface area contributed by atoms with Gasteiger partial charge in [-0.3, -0.25) is 4.90 Å². The largest absolute Gasteiger partial charge is 0.378 e. The number of nitrogens with zero attached hydrogens (tertiary/aromatic N) is 1. The lowest BCUT2D eigenvalue weighted by Gasteiger charge is -2.44. The van der Waals surface area contributed by atoms with E-state index in [1.807, 2.05) is 0 Å². The van der Waals surface area contributed by atoms with Crippen molar-refractivity contribution >= 4 is 0 Å². The Morgan fingerprint density at radius 3 is 2.15 bits per heavy atom. The highest BCUT2D eigenvalue weighted by molar-refractivity contribution is 4.93. The number of rotatable bonds is 1. The third-order valence-electron chi connectivity index (χ3n) is 4.47. The third kappa shape index (κ3) is 1.23. The Morgan fingerprint density at radius 2 is 1.69 bits per heavy atom. The molecule has 2 heterocycles. The number of piperidine rings is 1. The second kappa shape index (κ2) is 2.96. The molecule has 0 aromatic carbocycles. The van der Waals surface area contributed by atoms with Crippen LogP contribution in [0, 0.1) is 17.8 Å². The van der Waals surface area contributed by atoms with Crippen LogP contribution in [0.15, 0.2) is 0 Å². The Kier molecular flexibility index (Phi) is 1.88. The standard InChI is InChI=1S/C11H19NO/c1-8-9-2-3-10(8)5-12(4-9)11-6-13-7-11/h8-11H,2-7H2,1H3. The topological polar surface area (TPSA) is 12.5 Å². The molecule has 1 saturated carbocycles. The van der Waals surface area contributed by atoms with Gasteiger partial charge < -0.3 is 4.74 Å². The van der Waals surface area contributed by atoms with Crippen LogP contribution < -0.4 is 0 Å². The summed E-state index contributed by atoms with van der Waals surface area (Å²) < 4.78 is 5.26. The summed E-state index contributed by atoms with van der Waals surface area (Å²) in [6.07, 6.45) is 2.96. The molecule has 74 valence electrons. The molecule has 2 bridgehead atoms. The van der Waals surface area contributed by atoms with Gasteiger partial charge in [0.15, 0.2) is 0 Å². The highest BCUT2D eigenvalue weighted by atomic mass is 16.5. The van der Waals surface area contributed by atoms with E-state index in [2.05, 4.69) is 11.8 Å². The molecule has 2 atom stereocenters. The normalized spacial score (nSPS) is 46.4. The zero-order valence-electron chi connectivity index (χ0n) is 8.41. The molecule has 1 aliphatic carbocycles. The summed E-state index contributed by atoms with van der Waals surface area (Å²) in [7, 11) is 0. The molecule has 0 amide bonds. The number of ether oxygens (including phenoxy) is 1. The summed E-state index contributed by atoms with van der Waals surface area (Å²) in [6, 6.07) is 0.774. The minimum atomic E-state index is 0.774. The van der Waals surface area contributed by atoms with Crippen molar-refractivity contribution in [2.75, 3.05) is 26.3 Å². The quantitative estimate of drug-likeness (QED) is 0.605. The molecular weight excluding hydrogens is 162 g/mol. The highest BCUT2D eigenvalue weighted by Crippen LogP contribution is 2.42. The predicted octanol–water partition coefficient (Wildman–Crippen LogP) is 1.36. The third-order valence-corrected chi connectivity index (χ3v) is 4.47. The summed E-state index contributed by atoms with van der Waals surface area (Å²) >= 11 is 0. The zero-order valence-corrected chi connectivity index (χ0v) is 8.41. The highest BCUT2D eigenvalue weighted by Gasteiger charge is 2.42. The summed E-state index contributed by atoms with van der Waals surface area (Å²) in [6.45, 7) is 7.15. The Morgan fingerprint density at radius 1 is 1.08 bits per heavy atom. The second-order valence-corrected chi connectivity index (χ2v) is 5.10. The van der Waals surface area contributed by atoms with E-state index in [1.165, 1.54) is 25.9 Å². The maximum absolute atomic E-state index is 5.26. The first kappa shape index (κ1) is 8.25. The Labute approximate surface area is 80.2 Å². The Bertz CT molecular complexity index is 188. The van der Waals surface area contributed by atoms with Crippen molar-refractivity contribution in [2.24, 2.45) is 17.8 Å². The molecule has 2 saturated heterocycles. The van der Waals surface area contributed by atoms with Crippen molar-refractivity contribution in [3.8, 4) is 0 Å². The van der Waals surface area contributed by atoms with Crippen LogP contribution in [-0.4, -0.2) is 37.2 Å². The van der Waals surface area contributed by atoms with Crippen LogP contribution in [0.1, 0.15) is 19.8 Å². The van der Waals surface area contributed by atoms with Gasteiger partial charge in [0.1, 0.15) is 0 Å². The fourth-order valence-electron chi connectivity index (χ4n) is 3.26. The minimum absolute atomic E-state index is 0.774. The van der Waals surface area contributed by atoms with Gasteiger partial charge in [-0.2, -0.15) is 0 Å². The van der Waals surface area contributed by atoms with Gasteiger partial charge in [-0.05, 0) is 30.6 Å². The SMILES string of the molecule is CC1C2CCC1CN(C1COC1)C2. The summed E-state index contributed by atoms with van der Waals surface area (Å²) in [4.78, 5) is 2.69. The molecule has 0 radical (unpaired) electrons. The molecule has 0 aromatic heterocycles. The van der Waals surface area contributed by atoms with E-state index in [4.69, 9.17) is 4.74 Å². The van der Waals surface area contributed by atoms with Crippen LogP contribution in [0.2, 0.25) is 0 Å². The van der Waals surface area contributed by atoms with E-state index in [0.29, 0.717) is 0 Å². The minimum Gasteiger partial charge on any atom is -0.378 e. The van der Waals surface area contributed by atoms with E-state index in [-0.39, 0.29) is 0 Å². The van der Waals surface area contributed by atoms with Gasteiger partial charge in [0, 0.05) is 13.1 Å². The van der Waals surface area contributed by atoms with E-state index < -0.39 is 0 Å².